The van der Waals surface area contributed by atoms with Crippen LogP contribution in [0.3, 0.4) is 0 Å². The first kappa shape index (κ1) is 30.1. The number of thiophene rings is 1. The van der Waals surface area contributed by atoms with Crippen molar-refractivity contribution >= 4 is 75.0 Å². The smallest absolute Gasteiger partial charge is 0.165 e. The van der Waals surface area contributed by atoms with Gasteiger partial charge in [0.05, 0.1) is 10.2 Å². The van der Waals surface area contributed by atoms with E-state index in [0.717, 1.165) is 80.5 Å². The standard InChI is InChI=1S/C46H26N4OS2/c1-3-11-27(12-4-1)28-21-23-30(24-22-28)44-48-43(29-13-5-2-6-14-29)49-45(50-44)34-18-9-16-32-40-37(52-42(32)34)25-26-38-41(40)47-46(53-38)33-17-10-20-36-39(33)31-15-7-8-19-35(31)51-36/h1-26H. The van der Waals surface area contributed by atoms with Gasteiger partial charge in [0.25, 0.3) is 0 Å². The van der Waals surface area contributed by atoms with Gasteiger partial charge in [-0.2, -0.15) is 0 Å². The van der Waals surface area contributed by atoms with Crippen LogP contribution in [0.1, 0.15) is 0 Å². The molecule has 0 fully saturated rings. The molecule has 0 aliphatic carbocycles. The highest BCUT2D eigenvalue weighted by atomic mass is 32.1. The highest BCUT2D eigenvalue weighted by Gasteiger charge is 2.21. The average Bonchev–Trinajstić information content (AvgIpc) is 3.95. The van der Waals surface area contributed by atoms with Crippen LogP contribution in [0.2, 0.25) is 0 Å². The van der Waals surface area contributed by atoms with Gasteiger partial charge in [-0.25, -0.2) is 19.9 Å². The Labute approximate surface area is 311 Å². The van der Waals surface area contributed by atoms with Crippen LogP contribution in [-0.4, -0.2) is 19.9 Å². The molecule has 0 amide bonds. The maximum Gasteiger partial charge on any atom is 0.165 e. The number of furan rings is 1. The van der Waals surface area contributed by atoms with Crippen molar-refractivity contribution in [2.75, 3.05) is 0 Å². The number of rotatable bonds is 5. The Morgan fingerprint density at radius 3 is 1.77 bits per heavy atom. The highest BCUT2D eigenvalue weighted by Crippen LogP contribution is 2.46. The van der Waals surface area contributed by atoms with Crippen molar-refractivity contribution in [3.05, 3.63) is 158 Å². The number of hydrogen-bond acceptors (Lipinski definition) is 7. The Bertz CT molecular complexity index is 3160. The Morgan fingerprint density at radius 2 is 0.962 bits per heavy atom. The molecule has 0 saturated carbocycles. The molecule has 0 bridgehead atoms. The van der Waals surface area contributed by atoms with Gasteiger partial charge in [0.1, 0.15) is 16.2 Å². The third-order valence-corrected chi connectivity index (χ3v) is 12.1. The number of para-hydroxylation sites is 1. The molecule has 7 aromatic carbocycles. The normalized spacial score (nSPS) is 11.8. The fraction of sp³-hybridized carbons (Fsp3) is 0. The van der Waals surface area contributed by atoms with E-state index in [1.807, 2.05) is 54.6 Å². The summed E-state index contributed by atoms with van der Waals surface area (Å²) in [5.41, 5.74) is 9.03. The van der Waals surface area contributed by atoms with Gasteiger partial charge >= 0.3 is 0 Å². The SMILES string of the molecule is c1ccc(-c2ccc(-c3nc(-c4ccccc4)nc(-c4cccc5c4sc4ccc6sc(-c7cccc8oc9ccccc9c78)nc6c45)n3)cc2)cc1. The molecule has 0 spiro atoms. The minimum atomic E-state index is 0.638. The summed E-state index contributed by atoms with van der Waals surface area (Å²) in [5, 5.41) is 5.49. The maximum atomic E-state index is 6.22. The van der Waals surface area contributed by atoms with Crippen LogP contribution in [0.4, 0.5) is 0 Å². The molecule has 0 aliphatic rings. The number of aromatic nitrogens is 4. The molecule has 4 heterocycles. The molecule has 0 unspecified atom stereocenters. The van der Waals surface area contributed by atoms with E-state index in [1.165, 1.54) is 10.3 Å². The van der Waals surface area contributed by atoms with E-state index < -0.39 is 0 Å². The lowest BCUT2D eigenvalue weighted by Crippen LogP contribution is -2.00. The Morgan fingerprint density at radius 1 is 0.377 bits per heavy atom. The summed E-state index contributed by atoms with van der Waals surface area (Å²) in [4.78, 5) is 20.6. The Hall–Kier alpha value is -6.54. The van der Waals surface area contributed by atoms with E-state index in [1.54, 1.807) is 22.7 Å². The van der Waals surface area contributed by atoms with E-state index in [0.29, 0.717) is 17.5 Å². The fourth-order valence-corrected chi connectivity index (χ4v) is 9.52. The molecule has 0 aliphatic heterocycles. The molecule has 7 heteroatoms. The monoisotopic (exact) mass is 714 g/mol. The van der Waals surface area contributed by atoms with Crippen molar-refractivity contribution in [3.63, 3.8) is 0 Å². The summed E-state index contributed by atoms with van der Waals surface area (Å²) in [5.74, 6) is 1.93. The lowest BCUT2D eigenvalue weighted by atomic mass is 10.0. The van der Waals surface area contributed by atoms with Crippen LogP contribution in [0.15, 0.2) is 162 Å². The van der Waals surface area contributed by atoms with Crippen LogP contribution in [0, 0.1) is 0 Å². The number of benzene rings is 7. The van der Waals surface area contributed by atoms with Gasteiger partial charge in [-0.3, -0.25) is 0 Å². The third-order valence-electron chi connectivity index (χ3n) is 9.81. The largest absolute Gasteiger partial charge is 0.456 e. The van der Waals surface area contributed by atoms with Gasteiger partial charge in [0, 0.05) is 53.2 Å². The van der Waals surface area contributed by atoms with Gasteiger partial charge in [0.2, 0.25) is 0 Å². The van der Waals surface area contributed by atoms with Crippen molar-refractivity contribution in [3.8, 4) is 55.9 Å². The molecule has 11 aromatic rings. The first-order valence-corrected chi connectivity index (χ1v) is 19.0. The van der Waals surface area contributed by atoms with Gasteiger partial charge in [-0.15, -0.1) is 22.7 Å². The van der Waals surface area contributed by atoms with Gasteiger partial charge in [0.15, 0.2) is 17.5 Å². The molecule has 11 rings (SSSR count). The maximum absolute atomic E-state index is 6.22. The first-order chi connectivity index (χ1) is 26.2. The molecule has 0 atom stereocenters. The second kappa shape index (κ2) is 12.0. The quantitative estimate of drug-likeness (QED) is 0.178. The van der Waals surface area contributed by atoms with Gasteiger partial charge in [-0.1, -0.05) is 127 Å². The Kier molecular flexibility index (Phi) is 6.83. The average molecular weight is 715 g/mol. The van der Waals surface area contributed by atoms with E-state index >= 15 is 0 Å². The molecular weight excluding hydrogens is 689 g/mol. The second-order valence-electron chi connectivity index (χ2n) is 13.0. The zero-order valence-corrected chi connectivity index (χ0v) is 29.7. The summed E-state index contributed by atoms with van der Waals surface area (Å²) < 4.78 is 9.67. The number of thiazole rings is 1. The number of fused-ring (bicyclic) bond motifs is 8. The molecule has 248 valence electrons. The zero-order valence-electron chi connectivity index (χ0n) is 28.0. The molecule has 0 saturated heterocycles. The summed E-state index contributed by atoms with van der Waals surface area (Å²) in [6, 6.07) is 54.3. The van der Waals surface area contributed by atoms with Crippen LogP contribution in [0.25, 0.3) is 108 Å². The predicted molar refractivity (Wildman–Crippen MR) is 220 cm³/mol. The zero-order chi connectivity index (χ0) is 34.9. The summed E-state index contributed by atoms with van der Waals surface area (Å²) in [7, 11) is 0. The molecule has 5 nitrogen and oxygen atoms in total. The fourth-order valence-electron chi connectivity index (χ4n) is 7.30. The number of nitrogens with zero attached hydrogens (tertiary/aromatic N) is 4. The number of hydrogen-bond donors (Lipinski definition) is 0. The van der Waals surface area contributed by atoms with Crippen LogP contribution in [0.5, 0.6) is 0 Å². The van der Waals surface area contributed by atoms with E-state index in [-0.39, 0.29) is 0 Å². The van der Waals surface area contributed by atoms with Crippen molar-refractivity contribution in [1.82, 2.24) is 19.9 Å². The molecule has 4 aromatic heterocycles. The van der Waals surface area contributed by atoms with Crippen molar-refractivity contribution in [2.45, 2.75) is 0 Å². The van der Waals surface area contributed by atoms with Gasteiger partial charge in [-0.05, 0) is 41.5 Å². The van der Waals surface area contributed by atoms with Crippen LogP contribution >= 0.6 is 22.7 Å². The molecule has 0 radical (unpaired) electrons. The van der Waals surface area contributed by atoms with Crippen molar-refractivity contribution in [2.24, 2.45) is 0 Å². The van der Waals surface area contributed by atoms with E-state index in [2.05, 4.69) is 103 Å². The van der Waals surface area contributed by atoms with Crippen molar-refractivity contribution in [1.29, 1.82) is 0 Å². The highest BCUT2D eigenvalue weighted by molar-refractivity contribution is 7.27. The second-order valence-corrected chi connectivity index (χ2v) is 15.1. The van der Waals surface area contributed by atoms with Crippen molar-refractivity contribution < 1.29 is 4.42 Å². The summed E-state index contributed by atoms with van der Waals surface area (Å²) in [6.07, 6.45) is 0. The van der Waals surface area contributed by atoms with Gasteiger partial charge < -0.3 is 4.42 Å². The minimum Gasteiger partial charge on any atom is -0.456 e. The predicted octanol–water partition coefficient (Wildman–Crippen LogP) is 13.1. The topological polar surface area (TPSA) is 64.7 Å². The lowest BCUT2D eigenvalue weighted by molar-refractivity contribution is 0.669. The first-order valence-electron chi connectivity index (χ1n) is 17.4. The molecular formula is C46H26N4OS2. The van der Waals surface area contributed by atoms with Crippen LogP contribution < -0.4 is 0 Å². The summed E-state index contributed by atoms with van der Waals surface area (Å²) in [6.45, 7) is 0. The van der Waals surface area contributed by atoms with Crippen LogP contribution in [-0.2, 0) is 0 Å². The summed E-state index contributed by atoms with van der Waals surface area (Å²) >= 11 is 3.48. The van der Waals surface area contributed by atoms with E-state index in [4.69, 9.17) is 24.4 Å². The lowest BCUT2D eigenvalue weighted by Gasteiger charge is -2.10. The third kappa shape index (κ3) is 4.97. The Balaban J connectivity index is 1.08. The molecule has 53 heavy (non-hydrogen) atoms. The molecule has 0 N–H and O–H groups in total. The minimum absolute atomic E-state index is 0.638. The van der Waals surface area contributed by atoms with E-state index in [9.17, 15) is 0 Å².